The summed E-state index contributed by atoms with van der Waals surface area (Å²) in [5, 5.41) is 8.40. The fraction of sp³-hybridized carbons (Fsp3) is 0.231. The van der Waals surface area contributed by atoms with Crippen LogP contribution in [0.15, 0.2) is 35.3 Å². The minimum atomic E-state index is 0.222. The highest BCUT2D eigenvalue weighted by Gasteiger charge is 2.01. The first-order valence-corrected chi connectivity index (χ1v) is 5.28. The van der Waals surface area contributed by atoms with Crippen molar-refractivity contribution < 1.29 is 4.74 Å². The first kappa shape index (κ1) is 12.8. The summed E-state index contributed by atoms with van der Waals surface area (Å²) in [6.07, 6.45) is 4.19. The average molecular weight is 229 g/mol. The molecule has 0 saturated heterocycles. The molecule has 0 unspecified atom stereocenters. The third kappa shape index (κ3) is 3.65. The molecule has 0 spiro atoms. The topological polar surface area (TPSA) is 71.4 Å². The number of methoxy groups -OCH3 is 1. The lowest BCUT2D eigenvalue weighted by atomic mass is 10.0. The number of nitrogens with two attached hydrogens (primary N) is 1. The molecule has 88 valence electrons. The quantitative estimate of drug-likeness (QED) is 0.489. The lowest BCUT2D eigenvalue weighted by Crippen LogP contribution is -2.08. The number of amidine groups is 1. The summed E-state index contributed by atoms with van der Waals surface area (Å²) < 4.78 is 5.09. The van der Waals surface area contributed by atoms with Crippen LogP contribution in [-0.4, -0.2) is 12.9 Å². The number of aliphatic imine (C=N–C) groups is 1. The van der Waals surface area contributed by atoms with Crippen molar-refractivity contribution in [1.82, 2.24) is 0 Å². The first-order valence-electron chi connectivity index (χ1n) is 5.28. The van der Waals surface area contributed by atoms with Crippen molar-refractivity contribution in [3.63, 3.8) is 0 Å². The molecule has 0 amide bonds. The number of rotatable bonds is 4. The monoisotopic (exact) mass is 229 g/mol. The van der Waals surface area contributed by atoms with E-state index in [4.69, 9.17) is 15.7 Å². The van der Waals surface area contributed by atoms with Crippen LogP contribution in [0.4, 0.5) is 0 Å². The molecular formula is C13H15N3O. The predicted molar refractivity (Wildman–Crippen MR) is 68.5 cm³/mol. The number of nitrogens with zero attached hydrogens (tertiary/aromatic N) is 2. The average Bonchev–Trinajstić information content (AvgIpc) is 2.36. The number of allylic oxidation sites excluding steroid dienone is 1. The molecule has 0 aliphatic carbocycles. The van der Waals surface area contributed by atoms with Gasteiger partial charge in [0.1, 0.15) is 11.6 Å². The predicted octanol–water partition coefficient (Wildman–Crippen LogP) is 2.33. The van der Waals surface area contributed by atoms with E-state index in [1.807, 2.05) is 31.2 Å². The minimum Gasteiger partial charge on any atom is -0.497 e. The molecule has 17 heavy (non-hydrogen) atoms. The van der Waals surface area contributed by atoms with Gasteiger partial charge in [-0.1, -0.05) is 19.1 Å². The number of nitriles is 1. The largest absolute Gasteiger partial charge is 0.497 e. The van der Waals surface area contributed by atoms with E-state index in [9.17, 15) is 0 Å². The molecule has 0 bridgehead atoms. The van der Waals surface area contributed by atoms with Crippen molar-refractivity contribution in [2.45, 2.75) is 13.3 Å². The third-order valence-electron chi connectivity index (χ3n) is 2.34. The molecule has 4 heteroatoms. The highest BCUT2D eigenvalue weighted by molar-refractivity contribution is 5.98. The van der Waals surface area contributed by atoms with Gasteiger partial charge in [-0.05, 0) is 35.8 Å². The Hall–Kier alpha value is -2.28. The van der Waals surface area contributed by atoms with E-state index >= 15 is 0 Å². The van der Waals surface area contributed by atoms with Crippen molar-refractivity contribution in [3.8, 4) is 11.9 Å². The molecule has 1 aromatic rings. The molecule has 0 aliphatic heterocycles. The van der Waals surface area contributed by atoms with E-state index in [1.54, 1.807) is 19.4 Å². The summed E-state index contributed by atoms with van der Waals surface area (Å²) in [7, 11) is 1.63. The van der Waals surface area contributed by atoms with Crippen molar-refractivity contribution >= 4 is 11.4 Å². The Morgan fingerprint density at radius 2 is 2.12 bits per heavy atom. The zero-order valence-corrected chi connectivity index (χ0v) is 9.97. The molecule has 0 atom stereocenters. The van der Waals surface area contributed by atoms with Gasteiger partial charge in [-0.2, -0.15) is 10.3 Å². The summed E-state index contributed by atoms with van der Waals surface area (Å²) in [6, 6.07) is 7.68. The van der Waals surface area contributed by atoms with Crippen LogP contribution in [0.5, 0.6) is 5.75 Å². The van der Waals surface area contributed by atoms with E-state index < -0.39 is 0 Å². The van der Waals surface area contributed by atoms with Crippen LogP contribution in [0.2, 0.25) is 0 Å². The Morgan fingerprint density at radius 3 is 2.59 bits per heavy atom. The van der Waals surface area contributed by atoms with Gasteiger partial charge in [-0.3, -0.25) is 0 Å². The van der Waals surface area contributed by atoms with Crippen molar-refractivity contribution in [2.75, 3.05) is 7.11 Å². The maximum absolute atomic E-state index is 8.40. The van der Waals surface area contributed by atoms with Crippen LogP contribution in [0.3, 0.4) is 0 Å². The van der Waals surface area contributed by atoms with Gasteiger partial charge in [0.2, 0.25) is 6.19 Å². The Morgan fingerprint density at radius 1 is 1.47 bits per heavy atom. The van der Waals surface area contributed by atoms with Gasteiger partial charge in [-0.15, -0.1) is 0 Å². The fourth-order valence-corrected chi connectivity index (χ4v) is 1.46. The fourth-order valence-electron chi connectivity index (χ4n) is 1.46. The second-order valence-electron chi connectivity index (χ2n) is 3.39. The van der Waals surface area contributed by atoms with Gasteiger partial charge in [0.25, 0.3) is 0 Å². The zero-order valence-electron chi connectivity index (χ0n) is 9.97. The second kappa shape index (κ2) is 6.33. The van der Waals surface area contributed by atoms with Gasteiger partial charge < -0.3 is 10.5 Å². The van der Waals surface area contributed by atoms with Crippen LogP contribution < -0.4 is 10.5 Å². The van der Waals surface area contributed by atoms with Crippen LogP contribution in [0.25, 0.3) is 5.57 Å². The van der Waals surface area contributed by atoms with Crippen molar-refractivity contribution in [2.24, 2.45) is 10.7 Å². The summed E-state index contributed by atoms with van der Waals surface area (Å²) in [6.45, 7) is 2.02. The minimum absolute atomic E-state index is 0.222. The lowest BCUT2D eigenvalue weighted by molar-refractivity contribution is 0.415. The van der Waals surface area contributed by atoms with Gasteiger partial charge in [0.05, 0.1) is 7.11 Å². The SMILES string of the molecule is CCC(=CC(N)=NC#N)c1ccc(OC)cc1. The Balaban J connectivity index is 3.02. The maximum atomic E-state index is 8.40. The molecule has 0 fully saturated rings. The molecule has 0 radical (unpaired) electrons. The summed E-state index contributed by atoms with van der Waals surface area (Å²) >= 11 is 0. The van der Waals surface area contributed by atoms with Gasteiger partial charge in [0, 0.05) is 0 Å². The molecule has 4 nitrogen and oxygen atoms in total. The van der Waals surface area contributed by atoms with Crippen molar-refractivity contribution in [3.05, 3.63) is 35.9 Å². The molecule has 0 aliphatic rings. The molecule has 1 aromatic carbocycles. The van der Waals surface area contributed by atoms with E-state index in [0.717, 1.165) is 23.3 Å². The van der Waals surface area contributed by atoms with Gasteiger partial charge in [0.15, 0.2) is 0 Å². The highest BCUT2D eigenvalue weighted by Crippen LogP contribution is 2.20. The Bertz CT molecular complexity index is 466. The van der Waals surface area contributed by atoms with E-state index in [1.165, 1.54) is 0 Å². The number of hydrogen-bond acceptors (Lipinski definition) is 3. The number of benzene rings is 1. The molecule has 2 N–H and O–H groups in total. The van der Waals surface area contributed by atoms with E-state index in [2.05, 4.69) is 4.99 Å². The Kier molecular flexibility index (Phi) is 4.77. The maximum Gasteiger partial charge on any atom is 0.207 e. The second-order valence-corrected chi connectivity index (χ2v) is 3.39. The normalized spacial score (nSPS) is 12.1. The number of ether oxygens (including phenoxy) is 1. The van der Waals surface area contributed by atoms with Crippen LogP contribution in [0.1, 0.15) is 18.9 Å². The summed E-state index contributed by atoms with van der Waals surface area (Å²) in [4.78, 5) is 3.47. The molecular weight excluding hydrogens is 214 g/mol. The van der Waals surface area contributed by atoms with Crippen molar-refractivity contribution in [1.29, 1.82) is 5.26 Å². The van der Waals surface area contributed by atoms with Gasteiger partial charge in [-0.25, -0.2) is 0 Å². The third-order valence-corrected chi connectivity index (χ3v) is 2.34. The molecule has 0 aromatic heterocycles. The zero-order chi connectivity index (χ0) is 12.7. The first-order chi connectivity index (χ1) is 8.21. The van der Waals surface area contributed by atoms with Crippen LogP contribution in [0, 0.1) is 11.5 Å². The van der Waals surface area contributed by atoms with Crippen LogP contribution in [-0.2, 0) is 0 Å². The molecule has 0 saturated carbocycles. The summed E-state index contributed by atoms with van der Waals surface area (Å²) in [5.41, 5.74) is 7.66. The highest BCUT2D eigenvalue weighted by atomic mass is 16.5. The molecule has 0 heterocycles. The van der Waals surface area contributed by atoms with E-state index in [-0.39, 0.29) is 5.84 Å². The Labute approximate surface area is 101 Å². The van der Waals surface area contributed by atoms with Gasteiger partial charge >= 0.3 is 0 Å². The smallest absolute Gasteiger partial charge is 0.207 e. The van der Waals surface area contributed by atoms with Crippen LogP contribution >= 0.6 is 0 Å². The number of hydrogen-bond donors (Lipinski definition) is 1. The summed E-state index contributed by atoms with van der Waals surface area (Å²) in [5.74, 6) is 1.03. The molecule has 1 rings (SSSR count). The standard InChI is InChI=1S/C13H15N3O/c1-3-10(8-13(15)16-9-14)11-4-6-12(17-2)7-5-11/h4-8H,3H2,1-2H3,(H2,15,16). The lowest BCUT2D eigenvalue weighted by Gasteiger charge is -2.06. The van der Waals surface area contributed by atoms with E-state index in [0.29, 0.717) is 0 Å².